The second-order valence-electron chi connectivity index (χ2n) is 9.48. The Hall–Kier alpha value is -1.44. The Morgan fingerprint density at radius 3 is 2.29 bits per heavy atom. The fourth-order valence-electron chi connectivity index (χ4n) is 5.41. The first-order valence-corrected chi connectivity index (χ1v) is 13.8. The van der Waals surface area contributed by atoms with Crippen molar-refractivity contribution in [3.63, 3.8) is 0 Å². The maximum atomic E-state index is 13.7. The Balaban J connectivity index is 1.43. The van der Waals surface area contributed by atoms with E-state index in [4.69, 9.17) is 0 Å². The first-order chi connectivity index (χ1) is 15.0. The van der Waals surface area contributed by atoms with Crippen LogP contribution >= 0.6 is 0 Å². The second kappa shape index (κ2) is 10.5. The van der Waals surface area contributed by atoms with E-state index in [0.717, 1.165) is 44.1 Å². The molecule has 0 spiro atoms. The number of benzene rings is 1. The largest absolute Gasteiger partial charge is 0.340 e. The van der Waals surface area contributed by atoms with Crippen molar-refractivity contribution in [2.45, 2.75) is 44.6 Å². The van der Waals surface area contributed by atoms with Gasteiger partial charge in [0.25, 0.3) is 0 Å². The van der Waals surface area contributed by atoms with E-state index in [2.05, 4.69) is 9.80 Å². The number of hydrogen-bond donors (Lipinski definition) is 0. The molecule has 0 aromatic heterocycles. The van der Waals surface area contributed by atoms with E-state index in [9.17, 15) is 13.2 Å². The van der Waals surface area contributed by atoms with Crippen molar-refractivity contribution < 1.29 is 13.2 Å². The van der Waals surface area contributed by atoms with Crippen LogP contribution in [0.1, 0.15) is 50.1 Å². The fraction of sp³-hybridized carbons (Fsp3) is 0.708. The molecule has 2 saturated heterocycles. The van der Waals surface area contributed by atoms with E-state index in [-0.39, 0.29) is 23.5 Å². The van der Waals surface area contributed by atoms with Gasteiger partial charge in [-0.05, 0) is 37.3 Å². The van der Waals surface area contributed by atoms with Crippen LogP contribution in [-0.2, 0) is 14.6 Å². The van der Waals surface area contributed by atoms with E-state index < -0.39 is 9.84 Å². The summed E-state index contributed by atoms with van der Waals surface area (Å²) in [7, 11) is -2.98. The quantitative estimate of drug-likeness (QED) is 0.694. The number of carbonyl (C=O) groups is 1. The summed E-state index contributed by atoms with van der Waals surface area (Å²) in [6.07, 6.45) is 7.84. The Morgan fingerprint density at radius 1 is 0.871 bits per heavy atom. The van der Waals surface area contributed by atoms with Gasteiger partial charge in [-0.2, -0.15) is 0 Å². The molecule has 1 saturated carbocycles. The van der Waals surface area contributed by atoms with Crippen molar-refractivity contribution in [2.75, 3.05) is 57.3 Å². The molecule has 4 rings (SSSR count). The van der Waals surface area contributed by atoms with Crippen LogP contribution in [0.2, 0.25) is 0 Å². The molecule has 3 aliphatic rings. The number of amides is 1. The summed E-state index contributed by atoms with van der Waals surface area (Å²) in [5.41, 5.74) is 0.968. The van der Waals surface area contributed by atoms with Crippen LogP contribution in [-0.4, -0.2) is 86.3 Å². The van der Waals surface area contributed by atoms with E-state index in [1.807, 2.05) is 35.2 Å². The second-order valence-corrected chi connectivity index (χ2v) is 11.8. The molecule has 0 radical (unpaired) electrons. The van der Waals surface area contributed by atoms with Crippen LogP contribution in [0.3, 0.4) is 0 Å². The number of hydrogen-bond acceptors (Lipinski definition) is 5. The third-order valence-corrected chi connectivity index (χ3v) is 8.84. The smallest absolute Gasteiger partial charge is 0.244 e. The predicted molar refractivity (Wildman–Crippen MR) is 124 cm³/mol. The maximum absolute atomic E-state index is 13.7. The van der Waals surface area contributed by atoms with Crippen molar-refractivity contribution in [1.82, 2.24) is 14.7 Å². The summed E-state index contributed by atoms with van der Waals surface area (Å²) in [4.78, 5) is 20.4. The molecule has 31 heavy (non-hydrogen) atoms. The van der Waals surface area contributed by atoms with Crippen molar-refractivity contribution in [2.24, 2.45) is 5.92 Å². The van der Waals surface area contributed by atoms with Gasteiger partial charge in [0.05, 0.1) is 11.5 Å². The van der Waals surface area contributed by atoms with Crippen LogP contribution in [0.4, 0.5) is 0 Å². The molecule has 6 nitrogen and oxygen atoms in total. The highest BCUT2D eigenvalue weighted by Gasteiger charge is 2.35. The lowest BCUT2D eigenvalue weighted by molar-refractivity contribution is -0.137. The van der Waals surface area contributed by atoms with Gasteiger partial charge in [0.2, 0.25) is 5.91 Å². The molecule has 7 heteroatoms. The lowest BCUT2D eigenvalue weighted by Crippen LogP contribution is -2.49. The number of carbonyl (C=O) groups excluding carboxylic acids is 1. The zero-order valence-electron chi connectivity index (χ0n) is 18.6. The first kappa shape index (κ1) is 22.7. The molecule has 1 amide bonds. The number of nitrogens with zero attached hydrogens (tertiary/aromatic N) is 3. The SMILES string of the molecule is O=C(C(c1ccccc1)N1CCS(=O)(=O)CC1)N1CCCN(CC2CCCCC2)CC1. The van der Waals surface area contributed by atoms with Gasteiger partial charge < -0.3 is 9.80 Å². The molecular weight excluding hydrogens is 410 g/mol. The van der Waals surface area contributed by atoms with Crippen LogP contribution in [0.5, 0.6) is 0 Å². The molecule has 2 heterocycles. The topological polar surface area (TPSA) is 60.9 Å². The van der Waals surface area contributed by atoms with E-state index >= 15 is 0 Å². The minimum atomic E-state index is -2.98. The van der Waals surface area contributed by atoms with Crippen molar-refractivity contribution in [3.05, 3.63) is 35.9 Å². The van der Waals surface area contributed by atoms with Crippen LogP contribution in [0, 0.1) is 5.92 Å². The molecule has 1 aliphatic carbocycles. The van der Waals surface area contributed by atoms with E-state index in [0.29, 0.717) is 13.1 Å². The summed E-state index contributed by atoms with van der Waals surface area (Å²) in [6, 6.07) is 9.50. The molecule has 1 aromatic carbocycles. The third-order valence-electron chi connectivity index (χ3n) is 7.23. The summed E-state index contributed by atoms with van der Waals surface area (Å²) in [6.45, 7) is 5.59. The minimum absolute atomic E-state index is 0.130. The highest BCUT2D eigenvalue weighted by molar-refractivity contribution is 7.91. The van der Waals surface area contributed by atoms with Gasteiger partial charge in [-0.15, -0.1) is 0 Å². The standard InChI is InChI=1S/C24H37N3O3S/c28-24(27-13-7-12-25(14-15-27)20-21-8-3-1-4-9-21)23(22-10-5-2-6-11-22)26-16-18-31(29,30)19-17-26/h2,5-6,10-11,21,23H,1,3-4,7-9,12-20H2. The Bertz CT molecular complexity index is 810. The Kier molecular flexibility index (Phi) is 7.67. The lowest BCUT2D eigenvalue weighted by Gasteiger charge is -2.36. The summed E-state index contributed by atoms with van der Waals surface area (Å²) in [5, 5.41) is 0. The van der Waals surface area contributed by atoms with Gasteiger partial charge in [0.1, 0.15) is 6.04 Å². The minimum Gasteiger partial charge on any atom is -0.340 e. The van der Waals surface area contributed by atoms with Gasteiger partial charge >= 0.3 is 0 Å². The maximum Gasteiger partial charge on any atom is 0.244 e. The number of rotatable bonds is 5. The molecule has 2 aliphatic heterocycles. The van der Waals surface area contributed by atoms with Crippen LogP contribution in [0.15, 0.2) is 30.3 Å². The molecular formula is C24H37N3O3S. The monoisotopic (exact) mass is 447 g/mol. The van der Waals surface area contributed by atoms with Gasteiger partial charge in [0.15, 0.2) is 9.84 Å². The van der Waals surface area contributed by atoms with Crippen LogP contribution < -0.4 is 0 Å². The molecule has 0 bridgehead atoms. The number of sulfone groups is 1. The molecule has 3 fully saturated rings. The highest BCUT2D eigenvalue weighted by atomic mass is 32.2. The zero-order chi connectivity index (χ0) is 21.7. The molecule has 1 atom stereocenters. The summed E-state index contributed by atoms with van der Waals surface area (Å²) < 4.78 is 23.9. The normalized spacial score (nSPS) is 25.1. The molecule has 1 aromatic rings. The molecule has 172 valence electrons. The van der Waals surface area contributed by atoms with Crippen molar-refractivity contribution in [1.29, 1.82) is 0 Å². The van der Waals surface area contributed by atoms with Gasteiger partial charge in [-0.25, -0.2) is 8.42 Å². The zero-order valence-corrected chi connectivity index (χ0v) is 19.4. The molecule has 0 N–H and O–H groups in total. The molecule has 1 unspecified atom stereocenters. The van der Waals surface area contributed by atoms with Crippen LogP contribution in [0.25, 0.3) is 0 Å². The van der Waals surface area contributed by atoms with Gasteiger partial charge in [-0.1, -0.05) is 49.6 Å². The van der Waals surface area contributed by atoms with Crippen molar-refractivity contribution in [3.8, 4) is 0 Å². The highest BCUT2D eigenvalue weighted by Crippen LogP contribution is 2.27. The van der Waals surface area contributed by atoms with E-state index in [1.54, 1.807) is 0 Å². The van der Waals surface area contributed by atoms with Crippen molar-refractivity contribution >= 4 is 15.7 Å². The first-order valence-electron chi connectivity index (χ1n) is 12.0. The lowest BCUT2D eigenvalue weighted by atomic mass is 9.89. The average Bonchev–Trinajstić information content (AvgIpc) is 3.02. The fourth-order valence-corrected chi connectivity index (χ4v) is 6.64. The van der Waals surface area contributed by atoms with Gasteiger partial charge in [0, 0.05) is 39.3 Å². The average molecular weight is 448 g/mol. The predicted octanol–water partition coefficient (Wildman–Crippen LogP) is 2.57. The summed E-state index contributed by atoms with van der Waals surface area (Å²) in [5.74, 6) is 1.23. The summed E-state index contributed by atoms with van der Waals surface area (Å²) >= 11 is 0. The third kappa shape index (κ3) is 6.08. The van der Waals surface area contributed by atoms with E-state index in [1.165, 1.54) is 38.6 Å². The van der Waals surface area contributed by atoms with Gasteiger partial charge in [-0.3, -0.25) is 9.69 Å². The Labute approximate surface area is 187 Å². The Morgan fingerprint density at radius 2 is 1.58 bits per heavy atom.